The molecule has 0 radical (unpaired) electrons. The molecule has 1 amide bonds. The van der Waals surface area contributed by atoms with Crippen LogP contribution in [0.25, 0.3) is 0 Å². The molecule has 0 fully saturated rings. The van der Waals surface area contributed by atoms with Crippen molar-refractivity contribution in [3.05, 3.63) is 82.9 Å². The summed E-state index contributed by atoms with van der Waals surface area (Å²) in [5, 5.41) is 4.40. The number of sulfonamides is 1. The SMILES string of the molecule is COc1ccc(/C=N/NC(=O)c2cccc(S(=O)(=O)Nc3ccc(Cl)cc3)c2)cc1OC. The number of hydrazone groups is 1. The monoisotopic (exact) mass is 473 g/mol. The molecule has 0 bridgehead atoms. The van der Waals surface area contributed by atoms with E-state index in [4.69, 9.17) is 21.1 Å². The molecule has 0 unspecified atom stereocenters. The minimum atomic E-state index is -3.90. The number of nitrogens with zero attached hydrogens (tertiary/aromatic N) is 1. The van der Waals surface area contributed by atoms with Crippen LogP contribution in [0.3, 0.4) is 0 Å². The van der Waals surface area contributed by atoms with E-state index in [1.54, 1.807) is 42.5 Å². The Morgan fingerprint density at radius 2 is 1.69 bits per heavy atom. The molecular weight excluding hydrogens is 454 g/mol. The number of ether oxygens (including phenoxy) is 2. The van der Waals surface area contributed by atoms with E-state index in [0.29, 0.717) is 27.8 Å². The summed E-state index contributed by atoms with van der Waals surface area (Å²) in [6.45, 7) is 0. The van der Waals surface area contributed by atoms with Crippen molar-refractivity contribution in [2.45, 2.75) is 4.90 Å². The second-order valence-corrected chi connectivity index (χ2v) is 8.57. The third-order valence-corrected chi connectivity index (χ3v) is 5.92. The van der Waals surface area contributed by atoms with Gasteiger partial charge >= 0.3 is 0 Å². The fraction of sp³-hybridized carbons (Fsp3) is 0.0909. The van der Waals surface area contributed by atoms with Crippen LogP contribution in [0.2, 0.25) is 5.02 Å². The van der Waals surface area contributed by atoms with Crippen LogP contribution < -0.4 is 19.6 Å². The van der Waals surface area contributed by atoms with Crippen LogP contribution in [0.1, 0.15) is 15.9 Å². The second-order valence-electron chi connectivity index (χ2n) is 6.45. The Hall–Kier alpha value is -3.56. The zero-order valence-corrected chi connectivity index (χ0v) is 18.8. The number of hydrogen-bond acceptors (Lipinski definition) is 6. The summed E-state index contributed by atoms with van der Waals surface area (Å²) < 4.78 is 38.1. The van der Waals surface area contributed by atoms with Crippen molar-refractivity contribution >= 4 is 39.4 Å². The Kier molecular flexibility index (Phi) is 7.34. The van der Waals surface area contributed by atoms with E-state index in [-0.39, 0.29) is 10.5 Å². The van der Waals surface area contributed by atoms with Crippen LogP contribution in [0.15, 0.2) is 76.7 Å². The topological polar surface area (TPSA) is 106 Å². The first kappa shape index (κ1) is 23.1. The van der Waals surface area contributed by atoms with Crippen molar-refractivity contribution < 1.29 is 22.7 Å². The summed E-state index contributed by atoms with van der Waals surface area (Å²) in [6.07, 6.45) is 1.43. The van der Waals surface area contributed by atoms with Gasteiger partial charge in [0.25, 0.3) is 15.9 Å². The summed E-state index contributed by atoms with van der Waals surface area (Å²) in [5.74, 6) is 0.526. The number of anilines is 1. The van der Waals surface area contributed by atoms with E-state index in [2.05, 4.69) is 15.2 Å². The lowest BCUT2D eigenvalue weighted by Crippen LogP contribution is -2.19. The predicted octanol–water partition coefficient (Wildman–Crippen LogP) is 3.92. The van der Waals surface area contributed by atoms with Gasteiger partial charge in [-0.05, 0) is 66.2 Å². The molecule has 166 valence electrons. The van der Waals surface area contributed by atoms with Gasteiger partial charge in [0.1, 0.15) is 0 Å². The van der Waals surface area contributed by atoms with E-state index in [1.807, 2.05) is 0 Å². The van der Waals surface area contributed by atoms with E-state index < -0.39 is 15.9 Å². The third kappa shape index (κ3) is 5.77. The number of halogens is 1. The molecule has 8 nitrogen and oxygen atoms in total. The van der Waals surface area contributed by atoms with Crippen molar-refractivity contribution in [3.63, 3.8) is 0 Å². The smallest absolute Gasteiger partial charge is 0.271 e. The van der Waals surface area contributed by atoms with Crippen LogP contribution >= 0.6 is 11.6 Å². The second kappa shape index (κ2) is 10.2. The van der Waals surface area contributed by atoms with E-state index in [9.17, 15) is 13.2 Å². The molecule has 3 aromatic rings. The first-order valence-corrected chi connectivity index (χ1v) is 11.1. The molecule has 0 heterocycles. The lowest BCUT2D eigenvalue weighted by molar-refractivity contribution is 0.0955. The van der Waals surface area contributed by atoms with E-state index in [1.165, 1.54) is 44.7 Å². The lowest BCUT2D eigenvalue weighted by atomic mass is 10.2. The number of carbonyl (C=O) groups is 1. The van der Waals surface area contributed by atoms with Crippen LogP contribution in [-0.4, -0.2) is 34.8 Å². The Morgan fingerprint density at radius 1 is 0.969 bits per heavy atom. The molecule has 0 aliphatic carbocycles. The normalized spacial score (nSPS) is 11.2. The van der Waals surface area contributed by atoms with Crippen LogP contribution in [0.4, 0.5) is 5.69 Å². The highest BCUT2D eigenvalue weighted by molar-refractivity contribution is 7.92. The average Bonchev–Trinajstić information content (AvgIpc) is 2.80. The summed E-state index contributed by atoms with van der Waals surface area (Å²) in [5.41, 5.74) is 3.53. The molecule has 0 saturated carbocycles. The first-order chi connectivity index (χ1) is 15.3. The van der Waals surface area contributed by atoms with E-state index >= 15 is 0 Å². The van der Waals surface area contributed by atoms with Gasteiger partial charge in [0.2, 0.25) is 0 Å². The number of benzene rings is 3. The fourth-order valence-corrected chi connectivity index (χ4v) is 3.93. The van der Waals surface area contributed by atoms with Crippen molar-refractivity contribution in [2.24, 2.45) is 5.10 Å². The number of carbonyl (C=O) groups excluding carboxylic acids is 1. The van der Waals surface area contributed by atoms with E-state index in [0.717, 1.165) is 0 Å². The molecule has 2 N–H and O–H groups in total. The van der Waals surface area contributed by atoms with Crippen molar-refractivity contribution in [1.29, 1.82) is 0 Å². The molecule has 0 aliphatic rings. The van der Waals surface area contributed by atoms with Gasteiger partial charge in [-0.3, -0.25) is 9.52 Å². The van der Waals surface area contributed by atoms with Gasteiger partial charge in [-0.25, -0.2) is 13.8 Å². The molecule has 3 rings (SSSR count). The summed E-state index contributed by atoms with van der Waals surface area (Å²) >= 11 is 5.82. The van der Waals surface area contributed by atoms with Gasteiger partial charge in [-0.2, -0.15) is 5.10 Å². The highest BCUT2D eigenvalue weighted by Gasteiger charge is 2.16. The number of rotatable bonds is 8. The van der Waals surface area contributed by atoms with Gasteiger partial charge in [-0.15, -0.1) is 0 Å². The first-order valence-electron chi connectivity index (χ1n) is 9.26. The molecule has 32 heavy (non-hydrogen) atoms. The van der Waals surface area contributed by atoms with Gasteiger partial charge in [0.05, 0.1) is 25.3 Å². The standard InChI is InChI=1S/C22H20ClN3O5S/c1-30-20-11-6-15(12-21(20)31-2)14-24-25-22(27)16-4-3-5-19(13-16)32(28,29)26-18-9-7-17(23)8-10-18/h3-14,26H,1-2H3,(H,25,27)/b24-14+. The molecule has 0 saturated heterocycles. The average molecular weight is 474 g/mol. The highest BCUT2D eigenvalue weighted by Crippen LogP contribution is 2.26. The zero-order valence-electron chi connectivity index (χ0n) is 17.2. The molecule has 0 spiro atoms. The zero-order chi connectivity index (χ0) is 23.1. The molecule has 0 aliphatic heterocycles. The minimum absolute atomic E-state index is 0.0658. The van der Waals surface area contributed by atoms with Crippen LogP contribution in [0.5, 0.6) is 11.5 Å². The van der Waals surface area contributed by atoms with Crippen molar-refractivity contribution in [3.8, 4) is 11.5 Å². The van der Waals surface area contributed by atoms with Crippen LogP contribution in [0, 0.1) is 0 Å². The molecule has 3 aromatic carbocycles. The summed E-state index contributed by atoms with van der Waals surface area (Å²) in [6, 6.07) is 17.0. The quantitative estimate of drug-likeness (QED) is 0.381. The predicted molar refractivity (Wildman–Crippen MR) is 123 cm³/mol. The maximum Gasteiger partial charge on any atom is 0.271 e. The number of methoxy groups -OCH3 is 2. The fourth-order valence-electron chi connectivity index (χ4n) is 2.70. The Labute approximate surface area is 190 Å². The maximum absolute atomic E-state index is 12.6. The summed E-state index contributed by atoms with van der Waals surface area (Å²) in [4.78, 5) is 12.4. The van der Waals surface area contributed by atoms with Crippen LogP contribution in [-0.2, 0) is 10.0 Å². The van der Waals surface area contributed by atoms with Crippen molar-refractivity contribution in [2.75, 3.05) is 18.9 Å². The van der Waals surface area contributed by atoms with Gasteiger partial charge in [-0.1, -0.05) is 17.7 Å². The minimum Gasteiger partial charge on any atom is -0.493 e. The van der Waals surface area contributed by atoms with Gasteiger partial charge in [0, 0.05) is 16.3 Å². The number of nitrogens with one attached hydrogen (secondary N) is 2. The number of amides is 1. The third-order valence-electron chi connectivity index (χ3n) is 4.29. The maximum atomic E-state index is 12.6. The molecule has 0 atom stereocenters. The van der Waals surface area contributed by atoms with Gasteiger partial charge in [0.15, 0.2) is 11.5 Å². The summed E-state index contributed by atoms with van der Waals surface area (Å²) in [7, 11) is -0.847. The molecule has 0 aromatic heterocycles. The Morgan fingerprint density at radius 3 is 2.38 bits per heavy atom. The molecular formula is C22H20ClN3O5S. The number of hydrogen-bond donors (Lipinski definition) is 2. The Balaban J connectivity index is 1.71. The lowest BCUT2D eigenvalue weighted by Gasteiger charge is -2.09. The largest absolute Gasteiger partial charge is 0.493 e. The molecule has 10 heteroatoms. The van der Waals surface area contributed by atoms with Crippen molar-refractivity contribution in [1.82, 2.24) is 5.43 Å². The Bertz CT molecular complexity index is 1240. The van der Waals surface area contributed by atoms with Gasteiger partial charge < -0.3 is 9.47 Å². The highest BCUT2D eigenvalue weighted by atomic mass is 35.5.